The third-order valence-electron chi connectivity index (χ3n) is 3.97. The minimum Gasteiger partial charge on any atom is -0.504 e. The van der Waals surface area contributed by atoms with Gasteiger partial charge in [-0.25, -0.2) is 9.07 Å². The van der Waals surface area contributed by atoms with Gasteiger partial charge in [-0.05, 0) is 37.3 Å². The van der Waals surface area contributed by atoms with Crippen LogP contribution < -0.4 is 0 Å². The summed E-state index contributed by atoms with van der Waals surface area (Å²) in [6.07, 6.45) is 5.28. The lowest BCUT2D eigenvalue weighted by molar-refractivity contribution is 0.0740. The zero-order valence-corrected chi connectivity index (χ0v) is 13.6. The van der Waals surface area contributed by atoms with Crippen molar-refractivity contribution in [2.45, 2.75) is 18.9 Å². The van der Waals surface area contributed by atoms with Gasteiger partial charge in [-0.2, -0.15) is 16.9 Å². The van der Waals surface area contributed by atoms with Crippen LogP contribution in [0.15, 0.2) is 30.5 Å². The first-order chi connectivity index (χ1) is 11.1. The molecule has 1 atom stereocenters. The van der Waals surface area contributed by atoms with Gasteiger partial charge in [0.2, 0.25) is 0 Å². The Kier molecular flexibility index (Phi) is 4.56. The van der Waals surface area contributed by atoms with Gasteiger partial charge in [0.05, 0.1) is 11.9 Å². The molecule has 0 radical (unpaired) electrons. The van der Waals surface area contributed by atoms with Gasteiger partial charge in [0.15, 0.2) is 11.4 Å². The lowest BCUT2D eigenvalue weighted by atomic mass is 10.2. The molecule has 2 heterocycles. The van der Waals surface area contributed by atoms with Crippen molar-refractivity contribution in [2.24, 2.45) is 0 Å². The summed E-state index contributed by atoms with van der Waals surface area (Å²) < 4.78 is 14.6. The van der Waals surface area contributed by atoms with E-state index in [1.807, 2.05) is 6.26 Å². The Labute approximate surface area is 138 Å². The van der Waals surface area contributed by atoms with E-state index in [1.165, 1.54) is 23.0 Å². The standard InChI is InChI=1S/C16H18FN3O2S/c1-23-10-13-6-3-7-19(13)16(22)15-14(21)9-20(18-15)12-5-2-4-11(17)8-12/h2,4-5,8-9,13,21H,3,6-7,10H2,1H3/t13-/m0/s1. The van der Waals surface area contributed by atoms with Crippen molar-refractivity contribution in [1.82, 2.24) is 14.7 Å². The molecular weight excluding hydrogens is 317 g/mol. The molecule has 1 aliphatic heterocycles. The van der Waals surface area contributed by atoms with Crippen molar-refractivity contribution in [3.63, 3.8) is 0 Å². The molecule has 122 valence electrons. The molecule has 1 aromatic carbocycles. The molecule has 3 rings (SSSR count). The number of benzene rings is 1. The molecule has 23 heavy (non-hydrogen) atoms. The smallest absolute Gasteiger partial charge is 0.278 e. The number of likely N-dealkylation sites (tertiary alicyclic amines) is 1. The lowest BCUT2D eigenvalue weighted by Crippen LogP contribution is -2.37. The Morgan fingerprint density at radius 2 is 2.35 bits per heavy atom. The first kappa shape index (κ1) is 15.9. The number of carbonyl (C=O) groups excluding carboxylic acids is 1. The van der Waals surface area contributed by atoms with E-state index in [2.05, 4.69) is 5.10 Å². The number of aromatic hydroxyl groups is 1. The second kappa shape index (κ2) is 6.62. The third-order valence-corrected chi connectivity index (χ3v) is 4.69. The summed E-state index contributed by atoms with van der Waals surface area (Å²) >= 11 is 1.70. The van der Waals surface area contributed by atoms with E-state index in [9.17, 15) is 14.3 Å². The molecule has 0 aliphatic carbocycles. The maximum atomic E-state index is 13.3. The maximum absolute atomic E-state index is 13.3. The summed E-state index contributed by atoms with van der Waals surface area (Å²) in [4.78, 5) is 14.4. The predicted molar refractivity (Wildman–Crippen MR) is 87.6 cm³/mol. The Hall–Kier alpha value is -2.02. The highest BCUT2D eigenvalue weighted by molar-refractivity contribution is 7.98. The molecule has 1 saturated heterocycles. The zero-order chi connectivity index (χ0) is 16.4. The number of aromatic nitrogens is 2. The fourth-order valence-corrected chi connectivity index (χ4v) is 3.60. The van der Waals surface area contributed by atoms with Gasteiger partial charge in [0, 0.05) is 18.3 Å². The van der Waals surface area contributed by atoms with Crippen molar-refractivity contribution < 1.29 is 14.3 Å². The van der Waals surface area contributed by atoms with E-state index in [1.54, 1.807) is 28.8 Å². The Morgan fingerprint density at radius 3 is 3.09 bits per heavy atom. The fourth-order valence-electron chi connectivity index (χ4n) is 2.87. The van der Waals surface area contributed by atoms with Crippen LogP contribution in [0.3, 0.4) is 0 Å². The minimum absolute atomic E-state index is 0.0160. The van der Waals surface area contributed by atoms with E-state index in [0.29, 0.717) is 12.2 Å². The molecule has 1 N–H and O–H groups in total. The summed E-state index contributed by atoms with van der Waals surface area (Å²) in [5, 5.41) is 14.2. The largest absolute Gasteiger partial charge is 0.504 e. The van der Waals surface area contributed by atoms with Gasteiger partial charge in [0.25, 0.3) is 5.91 Å². The van der Waals surface area contributed by atoms with Crippen LogP contribution in [0.25, 0.3) is 5.69 Å². The van der Waals surface area contributed by atoms with Crippen LogP contribution in [-0.4, -0.2) is 50.3 Å². The van der Waals surface area contributed by atoms with Crippen LogP contribution in [0.4, 0.5) is 4.39 Å². The molecule has 1 aromatic heterocycles. The zero-order valence-electron chi connectivity index (χ0n) is 12.8. The van der Waals surface area contributed by atoms with Crippen LogP contribution in [0.5, 0.6) is 5.75 Å². The number of nitrogens with zero attached hydrogens (tertiary/aromatic N) is 3. The van der Waals surface area contributed by atoms with Gasteiger partial charge < -0.3 is 10.0 Å². The summed E-state index contributed by atoms with van der Waals surface area (Å²) in [5.41, 5.74) is 0.476. The highest BCUT2D eigenvalue weighted by Gasteiger charge is 2.32. The molecule has 1 aliphatic rings. The molecule has 5 nitrogen and oxygen atoms in total. The summed E-state index contributed by atoms with van der Waals surface area (Å²) in [5.74, 6) is 0.0186. The number of amides is 1. The van der Waals surface area contributed by atoms with Gasteiger partial charge in [-0.1, -0.05) is 6.07 Å². The van der Waals surface area contributed by atoms with Crippen molar-refractivity contribution in [3.8, 4) is 11.4 Å². The number of hydrogen-bond acceptors (Lipinski definition) is 4. The fraction of sp³-hybridized carbons (Fsp3) is 0.375. The monoisotopic (exact) mass is 335 g/mol. The molecule has 7 heteroatoms. The summed E-state index contributed by atoms with van der Waals surface area (Å²) in [6, 6.07) is 6.02. The molecule has 0 spiro atoms. The first-order valence-electron chi connectivity index (χ1n) is 7.44. The molecule has 0 unspecified atom stereocenters. The number of thioether (sulfide) groups is 1. The molecule has 0 saturated carbocycles. The van der Waals surface area contributed by atoms with Crippen LogP contribution in [0.1, 0.15) is 23.3 Å². The predicted octanol–water partition coefficient (Wildman–Crippen LogP) is 2.68. The van der Waals surface area contributed by atoms with Crippen LogP contribution >= 0.6 is 11.8 Å². The molecule has 1 fully saturated rings. The van der Waals surface area contributed by atoms with Crippen molar-refractivity contribution in [1.29, 1.82) is 0 Å². The van der Waals surface area contributed by atoms with Crippen molar-refractivity contribution in [3.05, 3.63) is 42.0 Å². The average Bonchev–Trinajstić information content (AvgIpc) is 3.14. The van der Waals surface area contributed by atoms with Crippen molar-refractivity contribution >= 4 is 17.7 Å². The average molecular weight is 335 g/mol. The van der Waals surface area contributed by atoms with E-state index in [4.69, 9.17) is 0 Å². The topological polar surface area (TPSA) is 58.4 Å². The first-order valence-corrected chi connectivity index (χ1v) is 8.84. The Balaban J connectivity index is 1.87. The molecule has 0 bridgehead atoms. The maximum Gasteiger partial charge on any atom is 0.278 e. The Bertz CT molecular complexity index is 719. The van der Waals surface area contributed by atoms with Crippen LogP contribution in [-0.2, 0) is 0 Å². The van der Waals surface area contributed by atoms with Crippen molar-refractivity contribution in [2.75, 3.05) is 18.6 Å². The normalized spacial score (nSPS) is 17.7. The number of hydrogen-bond donors (Lipinski definition) is 1. The molecule has 1 amide bonds. The number of halogens is 1. The van der Waals surface area contributed by atoms with Gasteiger partial charge in [-0.3, -0.25) is 4.79 Å². The van der Waals surface area contributed by atoms with Gasteiger partial charge in [-0.15, -0.1) is 0 Å². The Morgan fingerprint density at radius 1 is 1.52 bits per heavy atom. The third kappa shape index (κ3) is 3.19. The SMILES string of the molecule is CSC[C@@H]1CCCN1C(=O)c1nn(-c2cccc(F)c2)cc1O. The van der Waals surface area contributed by atoms with E-state index in [-0.39, 0.29) is 23.4 Å². The van der Waals surface area contributed by atoms with Crippen LogP contribution in [0, 0.1) is 5.82 Å². The van der Waals surface area contributed by atoms with E-state index in [0.717, 1.165) is 18.6 Å². The molecule has 2 aromatic rings. The van der Waals surface area contributed by atoms with Crippen LogP contribution in [0.2, 0.25) is 0 Å². The minimum atomic E-state index is -0.398. The quantitative estimate of drug-likeness (QED) is 0.933. The van der Waals surface area contributed by atoms with E-state index < -0.39 is 5.82 Å². The highest BCUT2D eigenvalue weighted by atomic mass is 32.2. The summed E-state index contributed by atoms with van der Waals surface area (Å²) in [6.45, 7) is 0.677. The summed E-state index contributed by atoms with van der Waals surface area (Å²) in [7, 11) is 0. The second-order valence-corrected chi connectivity index (χ2v) is 6.45. The highest BCUT2D eigenvalue weighted by Crippen LogP contribution is 2.26. The van der Waals surface area contributed by atoms with Gasteiger partial charge >= 0.3 is 0 Å². The number of carbonyl (C=O) groups is 1. The van der Waals surface area contributed by atoms with E-state index >= 15 is 0 Å². The molecular formula is C16H18FN3O2S. The lowest BCUT2D eigenvalue weighted by Gasteiger charge is -2.23. The second-order valence-electron chi connectivity index (χ2n) is 5.54. The van der Waals surface area contributed by atoms with Gasteiger partial charge in [0.1, 0.15) is 5.82 Å². The number of rotatable bonds is 4.